The fourth-order valence-electron chi connectivity index (χ4n) is 7.22. The molecule has 0 aliphatic heterocycles. The first-order valence-electron chi connectivity index (χ1n) is 16.3. The van der Waals surface area contributed by atoms with Gasteiger partial charge in [-0.2, -0.15) is 0 Å². The number of hydrogen-bond donors (Lipinski definition) is 0. The Morgan fingerprint density at radius 3 is 1.39 bits per heavy atom. The third-order valence-electron chi connectivity index (χ3n) is 9.64. The molecule has 0 radical (unpaired) electrons. The maximum Gasteiger partial charge on any atom is 0.164 e. The molecule has 3 nitrogen and oxygen atoms in total. The van der Waals surface area contributed by atoms with Crippen molar-refractivity contribution in [2.45, 2.75) is 37.5 Å². The SMILES string of the molecule is c1ccc(-c2nc(-c3ccccc3)nc(-c3ccc(C4(c5ccc(-c6cccc7ccccc67)cc5)CCCCC4)cc3)n2)cc1. The third-order valence-corrected chi connectivity index (χ3v) is 9.64. The normalized spacial score (nSPS) is 14.3. The molecule has 7 aromatic rings. The molecule has 0 bridgehead atoms. The van der Waals surface area contributed by atoms with E-state index in [9.17, 15) is 0 Å². The summed E-state index contributed by atoms with van der Waals surface area (Å²) >= 11 is 0. The van der Waals surface area contributed by atoms with Crippen LogP contribution in [-0.4, -0.2) is 15.0 Å². The minimum atomic E-state index is -0.00242. The zero-order valence-electron chi connectivity index (χ0n) is 25.8. The molecule has 0 N–H and O–H groups in total. The second-order valence-corrected chi connectivity index (χ2v) is 12.4. The topological polar surface area (TPSA) is 38.7 Å². The molecule has 0 unspecified atom stereocenters. The van der Waals surface area contributed by atoms with Crippen molar-refractivity contribution in [3.8, 4) is 45.3 Å². The minimum absolute atomic E-state index is 0.00242. The van der Waals surface area contributed by atoms with Crippen molar-refractivity contribution in [1.82, 2.24) is 15.0 Å². The summed E-state index contributed by atoms with van der Waals surface area (Å²) in [6.07, 6.45) is 6.08. The molecule has 46 heavy (non-hydrogen) atoms. The second kappa shape index (κ2) is 12.2. The van der Waals surface area contributed by atoms with Gasteiger partial charge in [0.25, 0.3) is 0 Å². The first-order chi connectivity index (χ1) is 22.8. The number of aromatic nitrogens is 3. The first kappa shape index (κ1) is 28.1. The van der Waals surface area contributed by atoms with Gasteiger partial charge in [-0.25, -0.2) is 15.0 Å². The summed E-state index contributed by atoms with van der Waals surface area (Å²) in [5, 5.41) is 2.57. The number of rotatable bonds is 6. The minimum Gasteiger partial charge on any atom is -0.208 e. The van der Waals surface area contributed by atoms with Crippen molar-refractivity contribution < 1.29 is 0 Å². The maximum absolute atomic E-state index is 4.95. The third kappa shape index (κ3) is 5.28. The van der Waals surface area contributed by atoms with Crippen molar-refractivity contribution in [2.24, 2.45) is 0 Å². The van der Waals surface area contributed by atoms with Crippen LogP contribution in [-0.2, 0) is 5.41 Å². The summed E-state index contributed by atoms with van der Waals surface area (Å²) in [6, 6.07) is 54.0. The Kier molecular flexibility index (Phi) is 7.43. The molecule has 1 aromatic heterocycles. The van der Waals surface area contributed by atoms with Crippen LogP contribution in [0.1, 0.15) is 43.2 Å². The van der Waals surface area contributed by atoms with Crippen LogP contribution in [0.5, 0.6) is 0 Å². The molecule has 1 aliphatic rings. The van der Waals surface area contributed by atoms with Crippen molar-refractivity contribution in [1.29, 1.82) is 0 Å². The number of hydrogen-bond acceptors (Lipinski definition) is 3. The van der Waals surface area contributed by atoms with Gasteiger partial charge in [0, 0.05) is 22.1 Å². The van der Waals surface area contributed by atoms with Crippen LogP contribution in [0.25, 0.3) is 56.1 Å². The number of benzene rings is 6. The van der Waals surface area contributed by atoms with Gasteiger partial charge < -0.3 is 0 Å². The molecule has 1 fully saturated rings. The molecule has 1 heterocycles. The van der Waals surface area contributed by atoms with Crippen LogP contribution < -0.4 is 0 Å². The van der Waals surface area contributed by atoms with E-state index in [0.29, 0.717) is 17.5 Å². The number of nitrogens with zero attached hydrogens (tertiary/aromatic N) is 3. The van der Waals surface area contributed by atoms with Crippen LogP contribution in [0, 0.1) is 0 Å². The lowest BCUT2D eigenvalue weighted by atomic mass is 9.65. The smallest absolute Gasteiger partial charge is 0.164 e. The standard InChI is InChI=1S/C43H35N3/c1-4-14-33(15-5-1)40-44-41(34-16-6-2-7-17-34)46-42(45-40)35-23-27-37(28-24-35)43(29-10-3-11-30-43)36-25-21-32(22-26-36)39-20-12-18-31-13-8-9-19-38(31)39/h1-2,4-9,12-28H,3,10-11,29-30H2. The lowest BCUT2D eigenvalue weighted by Gasteiger charge is -2.39. The Labute approximate surface area is 270 Å². The summed E-state index contributed by atoms with van der Waals surface area (Å²) in [5.74, 6) is 2.06. The molecule has 0 amide bonds. The van der Waals surface area contributed by atoms with Gasteiger partial charge in [-0.3, -0.25) is 0 Å². The van der Waals surface area contributed by atoms with E-state index in [0.717, 1.165) is 29.5 Å². The van der Waals surface area contributed by atoms with Gasteiger partial charge in [-0.05, 0) is 45.9 Å². The lowest BCUT2D eigenvalue weighted by molar-refractivity contribution is 0.346. The molecule has 8 rings (SSSR count). The highest BCUT2D eigenvalue weighted by molar-refractivity contribution is 5.96. The van der Waals surface area contributed by atoms with Crippen molar-refractivity contribution in [2.75, 3.05) is 0 Å². The summed E-state index contributed by atoms with van der Waals surface area (Å²) in [6.45, 7) is 0. The molecule has 6 aromatic carbocycles. The molecule has 0 spiro atoms. The average molecular weight is 594 g/mol. The van der Waals surface area contributed by atoms with Crippen molar-refractivity contribution >= 4 is 10.8 Å². The zero-order chi connectivity index (χ0) is 30.8. The van der Waals surface area contributed by atoms with Gasteiger partial charge in [0.2, 0.25) is 0 Å². The van der Waals surface area contributed by atoms with E-state index in [4.69, 9.17) is 15.0 Å². The molecular weight excluding hydrogens is 558 g/mol. The summed E-state index contributed by atoms with van der Waals surface area (Å²) in [5.41, 5.74) is 8.28. The highest BCUT2D eigenvalue weighted by Crippen LogP contribution is 2.46. The quantitative estimate of drug-likeness (QED) is 0.192. The van der Waals surface area contributed by atoms with Crippen LogP contribution in [0.4, 0.5) is 0 Å². The van der Waals surface area contributed by atoms with E-state index in [1.165, 1.54) is 52.3 Å². The molecule has 222 valence electrons. The summed E-state index contributed by atoms with van der Waals surface area (Å²) < 4.78 is 0. The Hall–Kier alpha value is -5.41. The summed E-state index contributed by atoms with van der Waals surface area (Å²) in [7, 11) is 0. The highest BCUT2D eigenvalue weighted by Gasteiger charge is 2.35. The Morgan fingerprint density at radius 1 is 0.370 bits per heavy atom. The largest absolute Gasteiger partial charge is 0.208 e. The fourth-order valence-corrected chi connectivity index (χ4v) is 7.22. The number of fused-ring (bicyclic) bond motifs is 1. The maximum atomic E-state index is 4.95. The Morgan fingerprint density at radius 2 is 0.826 bits per heavy atom. The van der Waals surface area contributed by atoms with Crippen LogP contribution >= 0.6 is 0 Å². The summed E-state index contributed by atoms with van der Waals surface area (Å²) in [4.78, 5) is 14.8. The van der Waals surface area contributed by atoms with Gasteiger partial charge in [0.1, 0.15) is 0 Å². The predicted octanol–water partition coefficient (Wildman–Crippen LogP) is 10.9. The zero-order valence-corrected chi connectivity index (χ0v) is 25.8. The Bertz CT molecular complexity index is 2030. The van der Waals surface area contributed by atoms with E-state index in [1.807, 2.05) is 36.4 Å². The van der Waals surface area contributed by atoms with E-state index < -0.39 is 0 Å². The molecule has 0 saturated heterocycles. The van der Waals surface area contributed by atoms with E-state index in [2.05, 4.69) is 115 Å². The van der Waals surface area contributed by atoms with Gasteiger partial charge in [-0.1, -0.05) is 171 Å². The highest BCUT2D eigenvalue weighted by atomic mass is 15.0. The predicted molar refractivity (Wildman–Crippen MR) is 189 cm³/mol. The van der Waals surface area contributed by atoms with Crippen LogP contribution in [0.15, 0.2) is 152 Å². The van der Waals surface area contributed by atoms with Crippen LogP contribution in [0.3, 0.4) is 0 Å². The van der Waals surface area contributed by atoms with E-state index >= 15 is 0 Å². The van der Waals surface area contributed by atoms with E-state index in [1.54, 1.807) is 0 Å². The lowest BCUT2D eigenvalue weighted by Crippen LogP contribution is -2.30. The first-order valence-corrected chi connectivity index (χ1v) is 16.3. The molecule has 3 heteroatoms. The van der Waals surface area contributed by atoms with Crippen molar-refractivity contribution in [3.05, 3.63) is 163 Å². The molecular formula is C43H35N3. The average Bonchev–Trinajstić information content (AvgIpc) is 3.15. The van der Waals surface area contributed by atoms with Crippen LogP contribution in [0.2, 0.25) is 0 Å². The Balaban J connectivity index is 1.16. The molecule has 0 atom stereocenters. The molecule has 1 saturated carbocycles. The second-order valence-electron chi connectivity index (χ2n) is 12.4. The molecule has 1 aliphatic carbocycles. The van der Waals surface area contributed by atoms with Gasteiger partial charge >= 0.3 is 0 Å². The van der Waals surface area contributed by atoms with E-state index in [-0.39, 0.29) is 5.41 Å². The van der Waals surface area contributed by atoms with Gasteiger partial charge in [-0.15, -0.1) is 0 Å². The monoisotopic (exact) mass is 593 g/mol. The van der Waals surface area contributed by atoms with Gasteiger partial charge in [0.15, 0.2) is 17.5 Å². The fraction of sp³-hybridized carbons (Fsp3) is 0.140. The van der Waals surface area contributed by atoms with Gasteiger partial charge in [0.05, 0.1) is 0 Å². The van der Waals surface area contributed by atoms with Crippen molar-refractivity contribution in [3.63, 3.8) is 0 Å².